The van der Waals surface area contributed by atoms with E-state index in [1.807, 2.05) is 0 Å². The molecule has 4 aliphatic rings. The second kappa shape index (κ2) is 22.7. The minimum absolute atomic E-state index is 0.0464. The zero-order valence-corrected chi connectivity index (χ0v) is 31.1. The highest BCUT2D eigenvalue weighted by atomic mass is 16.6. The molecule has 0 bridgehead atoms. The SMILES string of the molecule is CCCCCCCCCOC(=O)C1CC2OC2CC1C(=O)OCCCCCCOC(=O)C1CC2OC2CC1C(=O)OCCCCCCCCC. The van der Waals surface area contributed by atoms with Crippen molar-refractivity contribution in [2.24, 2.45) is 23.7 Å². The Bertz CT molecular complexity index is 952. The number of esters is 4. The van der Waals surface area contributed by atoms with Crippen molar-refractivity contribution in [3.05, 3.63) is 0 Å². The minimum Gasteiger partial charge on any atom is -0.465 e. The van der Waals surface area contributed by atoms with Gasteiger partial charge in [0.15, 0.2) is 0 Å². The van der Waals surface area contributed by atoms with Crippen LogP contribution in [0.5, 0.6) is 0 Å². The first-order valence-corrected chi connectivity index (χ1v) is 20.4. The molecule has 0 N–H and O–H groups in total. The van der Waals surface area contributed by atoms with Gasteiger partial charge in [0.2, 0.25) is 0 Å². The van der Waals surface area contributed by atoms with Crippen LogP contribution in [-0.2, 0) is 47.6 Å². The summed E-state index contributed by atoms with van der Waals surface area (Å²) in [5, 5.41) is 0. The van der Waals surface area contributed by atoms with Gasteiger partial charge in [-0.3, -0.25) is 19.2 Å². The summed E-state index contributed by atoms with van der Waals surface area (Å²) in [6.45, 7) is 5.79. The van der Waals surface area contributed by atoms with Gasteiger partial charge >= 0.3 is 23.9 Å². The fourth-order valence-electron chi connectivity index (χ4n) is 7.68. The van der Waals surface area contributed by atoms with E-state index in [4.69, 9.17) is 28.4 Å². The van der Waals surface area contributed by atoms with Crippen LogP contribution in [0, 0.1) is 23.7 Å². The Hall–Kier alpha value is -2.20. The molecule has 8 unspecified atom stereocenters. The molecule has 50 heavy (non-hydrogen) atoms. The van der Waals surface area contributed by atoms with Crippen LogP contribution in [0.2, 0.25) is 0 Å². The van der Waals surface area contributed by atoms with Crippen LogP contribution in [0.15, 0.2) is 0 Å². The number of carbonyl (C=O) groups is 4. The van der Waals surface area contributed by atoms with Crippen LogP contribution in [0.4, 0.5) is 0 Å². The molecular weight excluding hydrogens is 640 g/mol. The Morgan fingerprint density at radius 1 is 0.380 bits per heavy atom. The lowest BCUT2D eigenvalue weighted by Crippen LogP contribution is -2.38. The maximum Gasteiger partial charge on any atom is 0.309 e. The highest BCUT2D eigenvalue weighted by molar-refractivity contribution is 5.83. The summed E-state index contributed by atoms with van der Waals surface area (Å²) in [7, 11) is 0. The minimum atomic E-state index is -0.516. The third-order valence-electron chi connectivity index (χ3n) is 11.0. The van der Waals surface area contributed by atoms with Crippen LogP contribution < -0.4 is 0 Å². The lowest BCUT2D eigenvalue weighted by atomic mass is 9.79. The molecule has 4 fully saturated rings. The van der Waals surface area contributed by atoms with Crippen molar-refractivity contribution in [1.82, 2.24) is 0 Å². The Balaban J connectivity index is 1.04. The lowest BCUT2D eigenvalue weighted by Gasteiger charge is -2.26. The summed E-state index contributed by atoms with van der Waals surface area (Å²) >= 11 is 0. The highest BCUT2D eigenvalue weighted by Crippen LogP contribution is 2.45. The maximum absolute atomic E-state index is 13.0. The first-order chi connectivity index (χ1) is 24.4. The molecule has 2 aliphatic heterocycles. The molecule has 0 aromatic rings. The van der Waals surface area contributed by atoms with Crippen LogP contribution in [0.3, 0.4) is 0 Å². The first-order valence-electron chi connectivity index (χ1n) is 20.4. The number of hydrogen-bond acceptors (Lipinski definition) is 10. The second-order valence-electron chi connectivity index (χ2n) is 15.1. The average Bonchev–Trinajstić information content (AvgIpc) is 4.05. The van der Waals surface area contributed by atoms with Crippen molar-refractivity contribution in [2.45, 2.75) is 180 Å². The van der Waals surface area contributed by atoms with Crippen LogP contribution >= 0.6 is 0 Å². The van der Waals surface area contributed by atoms with Gasteiger partial charge in [-0.1, -0.05) is 90.9 Å². The van der Waals surface area contributed by atoms with E-state index in [0.717, 1.165) is 51.4 Å². The molecule has 2 aliphatic carbocycles. The number of ether oxygens (including phenoxy) is 6. The van der Waals surface area contributed by atoms with E-state index in [9.17, 15) is 19.2 Å². The molecule has 0 amide bonds. The largest absolute Gasteiger partial charge is 0.465 e. The van der Waals surface area contributed by atoms with Crippen molar-refractivity contribution < 1.29 is 47.6 Å². The molecule has 0 aromatic heterocycles. The maximum atomic E-state index is 13.0. The van der Waals surface area contributed by atoms with Crippen molar-refractivity contribution in [2.75, 3.05) is 26.4 Å². The third kappa shape index (κ3) is 14.1. The smallest absolute Gasteiger partial charge is 0.309 e. The number of unbranched alkanes of at least 4 members (excludes halogenated alkanes) is 15. The average molecular weight is 707 g/mol. The fraction of sp³-hybridized carbons (Fsp3) is 0.900. The molecule has 4 rings (SSSR count). The van der Waals surface area contributed by atoms with Gasteiger partial charge in [0.1, 0.15) is 0 Å². The lowest BCUT2D eigenvalue weighted by molar-refractivity contribution is -0.162. The molecule has 2 saturated heterocycles. The van der Waals surface area contributed by atoms with Gasteiger partial charge in [-0.05, 0) is 64.2 Å². The summed E-state index contributed by atoms with van der Waals surface area (Å²) < 4.78 is 33.7. The van der Waals surface area contributed by atoms with Crippen LogP contribution in [0.25, 0.3) is 0 Å². The Labute approximate surface area is 300 Å². The molecule has 0 spiro atoms. The predicted octanol–water partition coefficient (Wildman–Crippen LogP) is 7.81. The molecule has 0 radical (unpaired) electrons. The summed E-state index contributed by atoms with van der Waals surface area (Å²) in [6.07, 6.45) is 21.4. The summed E-state index contributed by atoms with van der Waals surface area (Å²) in [4.78, 5) is 51.8. The predicted molar refractivity (Wildman–Crippen MR) is 188 cm³/mol. The van der Waals surface area contributed by atoms with Gasteiger partial charge in [-0.15, -0.1) is 0 Å². The van der Waals surface area contributed by atoms with E-state index in [2.05, 4.69) is 13.8 Å². The standard InChI is InChI=1S/C40H66O10/c1-3-5-7-9-11-13-17-21-45-37(41)29-25-33-35(49-33)27-31(29)39(43)47-23-19-15-16-20-24-48-40(44)32-28-36-34(50-36)26-30(32)38(42)46-22-18-14-12-10-8-6-4-2/h29-36H,3-28H2,1-2H3. The monoisotopic (exact) mass is 706 g/mol. The molecule has 10 heteroatoms. The zero-order chi connectivity index (χ0) is 35.6. The topological polar surface area (TPSA) is 130 Å². The van der Waals surface area contributed by atoms with Crippen molar-refractivity contribution >= 4 is 23.9 Å². The van der Waals surface area contributed by atoms with E-state index >= 15 is 0 Å². The Morgan fingerprint density at radius 3 is 0.840 bits per heavy atom. The molecule has 8 atom stereocenters. The molecule has 0 aromatic carbocycles. The molecule has 286 valence electrons. The Kier molecular flexibility index (Phi) is 18.4. The molecule has 10 nitrogen and oxygen atoms in total. The van der Waals surface area contributed by atoms with Crippen molar-refractivity contribution in [3.63, 3.8) is 0 Å². The fourth-order valence-corrected chi connectivity index (χ4v) is 7.68. The van der Waals surface area contributed by atoms with Gasteiger partial charge in [-0.25, -0.2) is 0 Å². The number of carbonyl (C=O) groups excluding carboxylic acids is 4. The van der Waals surface area contributed by atoms with Gasteiger partial charge in [0.25, 0.3) is 0 Å². The van der Waals surface area contributed by atoms with Gasteiger partial charge in [-0.2, -0.15) is 0 Å². The van der Waals surface area contributed by atoms with Crippen LogP contribution in [-0.4, -0.2) is 74.7 Å². The number of epoxide rings is 2. The second-order valence-corrected chi connectivity index (χ2v) is 15.1. The van der Waals surface area contributed by atoms with Gasteiger partial charge < -0.3 is 28.4 Å². The number of rotatable bonds is 27. The van der Waals surface area contributed by atoms with Crippen molar-refractivity contribution in [1.29, 1.82) is 0 Å². The quantitative estimate of drug-likeness (QED) is 0.0361. The number of fused-ring (bicyclic) bond motifs is 2. The molecule has 2 saturated carbocycles. The van der Waals surface area contributed by atoms with Gasteiger partial charge in [0, 0.05) is 0 Å². The third-order valence-corrected chi connectivity index (χ3v) is 11.0. The summed E-state index contributed by atoms with van der Waals surface area (Å²) in [5.74, 6) is -3.31. The Morgan fingerprint density at radius 2 is 0.600 bits per heavy atom. The molecular formula is C40H66O10. The number of hydrogen-bond donors (Lipinski definition) is 0. The zero-order valence-electron chi connectivity index (χ0n) is 31.1. The summed E-state index contributed by atoms with van der Waals surface area (Å²) in [5.41, 5.74) is 0. The first kappa shape index (κ1) is 40.6. The van der Waals surface area contributed by atoms with E-state index in [-0.39, 0.29) is 61.5 Å². The highest BCUT2D eigenvalue weighted by Gasteiger charge is 2.54. The van der Waals surface area contributed by atoms with E-state index < -0.39 is 23.7 Å². The van der Waals surface area contributed by atoms with Gasteiger partial charge in [0.05, 0.1) is 74.5 Å². The molecule has 2 heterocycles. The van der Waals surface area contributed by atoms with Crippen molar-refractivity contribution in [3.8, 4) is 0 Å². The van der Waals surface area contributed by atoms with E-state index in [1.165, 1.54) is 51.4 Å². The summed E-state index contributed by atoms with van der Waals surface area (Å²) in [6, 6.07) is 0. The van der Waals surface area contributed by atoms with E-state index in [1.54, 1.807) is 0 Å². The van der Waals surface area contributed by atoms with Crippen LogP contribution in [0.1, 0.15) is 155 Å². The normalized spacial score (nSPS) is 27.8. The van der Waals surface area contributed by atoms with E-state index in [0.29, 0.717) is 51.7 Å².